The maximum absolute atomic E-state index is 12.1. The van der Waals surface area contributed by atoms with Crippen LogP contribution in [0.2, 0.25) is 0 Å². The van der Waals surface area contributed by atoms with Gasteiger partial charge in [0.1, 0.15) is 0 Å². The predicted molar refractivity (Wildman–Crippen MR) is 102 cm³/mol. The summed E-state index contributed by atoms with van der Waals surface area (Å²) in [5.74, 6) is -0.0914. The Bertz CT molecular complexity index is 991. The summed E-state index contributed by atoms with van der Waals surface area (Å²) >= 11 is 0. The molecule has 0 aliphatic carbocycles. The number of carbonyl (C=O) groups is 1. The van der Waals surface area contributed by atoms with Gasteiger partial charge in [0.15, 0.2) is 0 Å². The van der Waals surface area contributed by atoms with Crippen LogP contribution in [-0.2, 0) is 11.3 Å². The Morgan fingerprint density at radius 2 is 1.96 bits per heavy atom. The SMILES string of the molecule is CCn1c2ccccc2c2cc(/C=C/C(=O)N(C)CCC#N)ccc21. The van der Waals surface area contributed by atoms with E-state index in [1.165, 1.54) is 21.8 Å². The lowest BCUT2D eigenvalue weighted by Gasteiger charge is -2.12. The first-order valence-corrected chi connectivity index (χ1v) is 8.46. The molecule has 0 atom stereocenters. The van der Waals surface area contributed by atoms with Gasteiger partial charge in [-0.05, 0) is 36.8 Å². The molecule has 1 aromatic heterocycles. The highest BCUT2D eigenvalue weighted by molar-refractivity contribution is 6.08. The summed E-state index contributed by atoms with van der Waals surface area (Å²) in [6, 6.07) is 16.7. The average Bonchev–Trinajstić information content (AvgIpc) is 2.97. The first-order valence-electron chi connectivity index (χ1n) is 8.46. The number of amides is 1. The van der Waals surface area contributed by atoms with E-state index in [9.17, 15) is 4.79 Å². The van der Waals surface area contributed by atoms with Crippen molar-refractivity contribution in [1.29, 1.82) is 5.26 Å². The molecule has 126 valence electrons. The Balaban J connectivity index is 1.94. The number of carbonyl (C=O) groups excluding carboxylic acids is 1. The molecule has 0 radical (unpaired) electrons. The van der Waals surface area contributed by atoms with Crippen LogP contribution < -0.4 is 0 Å². The molecule has 0 unspecified atom stereocenters. The quantitative estimate of drug-likeness (QED) is 0.658. The zero-order valence-corrected chi connectivity index (χ0v) is 14.6. The smallest absolute Gasteiger partial charge is 0.246 e. The van der Waals surface area contributed by atoms with Crippen molar-refractivity contribution in [2.45, 2.75) is 19.9 Å². The zero-order chi connectivity index (χ0) is 17.8. The second kappa shape index (κ2) is 7.23. The molecule has 0 saturated heterocycles. The van der Waals surface area contributed by atoms with E-state index in [-0.39, 0.29) is 5.91 Å². The zero-order valence-electron chi connectivity index (χ0n) is 14.6. The monoisotopic (exact) mass is 331 g/mol. The van der Waals surface area contributed by atoms with Gasteiger partial charge in [0.25, 0.3) is 0 Å². The summed E-state index contributed by atoms with van der Waals surface area (Å²) in [5, 5.41) is 11.0. The number of likely N-dealkylation sites (N-methyl/N-ethyl adjacent to an activating group) is 1. The van der Waals surface area contributed by atoms with Gasteiger partial charge < -0.3 is 9.47 Å². The second-order valence-electron chi connectivity index (χ2n) is 6.04. The second-order valence-corrected chi connectivity index (χ2v) is 6.04. The van der Waals surface area contributed by atoms with E-state index in [4.69, 9.17) is 5.26 Å². The fourth-order valence-corrected chi connectivity index (χ4v) is 3.14. The van der Waals surface area contributed by atoms with Crippen LogP contribution in [0.4, 0.5) is 0 Å². The van der Waals surface area contributed by atoms with Crippen LogP contribution in [0.3, 0.4) is 0 Å². The molecule has 0 saturated carbocycles. The molecule has 25 heavy (non-hydrogen) atoms. The van der Waals surface area contributed by atoms with Gasteiger partial charge in [0, 0.05) is 48.0 Å². The van der Waals surface area contributed by atoms with Gasteiger partial charge in [-0.15, -0.1) is 0 Å². The van der Waals surface area contributed by atoms with Gasteiger partial charge in [0.2, 0.25) is 5.91 Å². The highest BCUT2D eigenvalue weighted by atomic mass is 16.2. The predicted octanol–water partition coefficient (Wildman–Crippen LogP) is 4.20. The van der Waals surface area contributed by atoms with E-state index < -0.39 is 0 Å². The number of aryl methyl sites for hydroxylation is 1. The normalized spacial score (nSPS) is 11.2. The van der Waals surface area contributed by atoms with E-state index in [1.54, 1.807) is 18.0 Å². The number of hydrogen-bond acceptors (Lipinski definition) is 2. The van der Waals surface area contributed by atoms with E-state index in [0.29, 0.717) is 13.0 Å². The highest BCUT2D eigenvalue weighted by Gasteiger charge is 2.09. The lowest BCUT2D eigenvalue weighted by Crippen LogP contribution is -2.25. The van der Waals surface area contributed by atoms with Crippen LogP contribution in [0.15, 0.2) is 48.5 Å². The molecule has 4 heteroatoms. The van der Waals surface area contributed by atoms with Crippen LogP contribution in [0, 0.1) is 11.3 Å². The van der Waals surface area contributed by atoms with Crippen molar-refractivity contribution in [2.75, 3.05) is 13.6 Å². The minimum Gasteiger partial charge on any atom is -0.341 e. The van der Waals surface area contributed by atoms with Crippen molar-refractivity contribution in [2.24, 2.45) is 0 Å². The van der Waals surface area contributed by atoms with Crippen molar-refractivity contribution in [1.82, 2.24) is 9.47 Å². The molecule has 3 rings (SSSR count). The van der Waals surface area contributed by atoms with Crippen LogP contribution in [0.5, 0.6) is 0 Å². The lowest BCUT2D eigenvalue weighted by molar-refractivity contribution is -0.124. The number of nitriles is 1. The number of benzene rings is 2. The summed E-state index contributed by atoms with van der Waals surface area (Å²) in [6.07, 6.45) is 3.75. The molecule has 0 aliphatic rings. The number of hydrogen-bond donors (Lipinski definition) is 0. The molecule has 3 aromatic rings. The van der Waals surface area contributed by atoms with Gasteiger partial charge in [-0.3, -0.25) is 4.79 Å². The van der Waals surface area contributed by atoms with Gasteiger partial charge in [-0.25, -0.2) is 0 Å². The number of aromatic nitrogens is 1. The van der Waals surface area contributed by atoms with Crippen molar-refractivity contribution < 1.29 is 4.79 Å². The van der Waals surface area contributed by atoms with Crippen molar-refractivity contribution in [3.05, 3.63) is 54.1 Å². The molecule has 1 heterocycles. The third-order valence-corrected chi connectivity index (χ3v) is 4.47. The molecule has 0 spiro atoms. The maximum atomic E-state index is 12.1. The first kappa shape index (κ1) is 16.8. The van der Waals surface area contributed by atoms with Gasteiger partial charge in [0.05, 0.1) is 12.5 Å². The fourth-order valence-electron chi connectivity index (χ4n) is 3.14. The molecule has 0 bridgehead atoms. The first-order chi connectivity index (χ1) is 12.2. The molecule has 0 N–H and O–H groups in total. The van der Waals surface area contributed by atoms with Crippen LogP contribution in [-0.4, -0.2) is 29.0 Å². The fraction of sp³-hybridized carbons (Fsp3) is 0.238. The number of fused-ring (bicyclic) bond motifs is 3. The van der Waals surface area contributed by atoms with Crippen LogP contribution in [0.25, 0.3) is 27.9 Å². The van der Waals surface area contributed by atoms with Crippen molar-refractivity contribution >= 4 is 33.8 Å². The van der Waals surface area contributed by atoms with Crippen LogP contribution in [0.1, 0.15) is 18.9 Å². The number of rotatable bonds is 5. The minimum absolute atomic E-state index is 0.0914. The van der Waals surface area contributed by atoms with Gasteiger partial charge in [-0.1, -0.05) is 24.3 Å². The average molecular weight is 331 g/mol. The minimum atomic E-state index is -0.0914. The molecule has 2 aromatic carbocycles. The van der Waals surface area contributed by atoms with Crippen molar-refractivity contribution in [3.8, 4) is 6.07 Å². The Labute approximate surface area is 147 Å². The lowest BCUT2D eigenvalue weighted by atomic mass is 10.1. The summed E-state index contributed by atoms with van der Waals surface area (Å²) in [6.45, 7) is 3.51. The van der Waals surface area contributed by atoms with Crippen molar-refractivity contribution in [3.63, 3.8) is 0 Å². The molecule has 0 fully saturated rings. The molecule has 1 amide bonds. The Kier molecular flexibility index (Phi) is 4.85. The summed E-state index contributed by atoms with van der Waals surface area (Å²) < 4.78 is 2.30. The highest BCUT2D eigenvalue weighted by Crippen LogP contribution is 2.29. The summed E-state index contributed by atoms with van der Waals surface area (Å²) in [7, 11) is 1.71. The third-order valence-electron chi connectivity index (χ3n) is 4.47. The van der Waals surface area contributed by atoms with E-state index in [2.05, 4.69) is 54.0 Å². The largest absolute Gasteiger partial charge is 0.341 e. The Morgan fingerprint density at radius 1 is 1.20 bits per heavy atom. The number of nitrogens with zero attached hydrogens (tertiary/aromatic N) is 3. The topological polar surface area (TPSA) is 49.0 Å². The summed E-state index contributed by atoms with van der Waals surface area (Å²) in [5.41, 5.74) is 3.43. The van der Waals surface area contributed by atoms with E-state index in [0.717, 1.165) is 12.1 Å². The van der Waals surface area contributed by atoms with Crippen LogP contribution >= 0.6 is 0 Å². The Hall–Kier alpha value is -3.06. The molecule has 0 aliphatic heterocycles. The van der Waals surface area contributed by atoms with E-state index in [1.807, 2.05) is 12.1 Å². The Morgan fingerprint density at radius 3 is 2.72 bits per heavy atom. The molecular weight excluding hydrogens is 310 g/mol. The molecular formula is C21H21N3O. The molecule has 4 nitrogen and oxygen atoms in total. The number of para-hydroxylation sites is 1. The van der Waals surface area contributed by atoms with Gasteiger partial charge >= 0.3 is 0 Å². The standard InChI is InChI=1S/C21H21N3O/c1-3-24-19-8-5-4-7-17(19)18-15-16(9-11-20(18)24)10-12-21(25)23(2)14-6-13-22/h4-5,7-12,15H,3,6,14H2,1-2H3/b12-10+. The third kappa shape index (κ3) is 3.27. The maximum Gasteiger partial charge on any atom is 0.246 e. The van der Waals surface area contributed by atoms with E-state index >= 15 is 0 Å². The summed E-state index contributed by atoms with van der Waals surface area (Å²) in [4.78, 5) is 13.6. The van der Waals surface area contributed by atoms with Gasteiger partial charge in [-0.2, -0.15) is 5.26 Å².